The SMILES string of the molecule is COc1ccc(N)c(OCc2ccc(F)cc2Cl)c1. The highest BCUT2D eigenvalue weighted by Gasteiger charge is 2.06. The summed E-state index contributed by atoms with van der Waals surface area (Å²) in [6, 6.07) is 9.28. The molecule has 0 bridgehead atoms. The Bertz CT molecular complexity index is 590. The Kier molecular flexibility index (Phi) is 4.12. The number of nitrogen functional groups attached to an aromatic ring is 1. The zero-order valence-electron chi connectivity index (χ0n) is 10.3. The second-order valence-electron chi connectivity index (χ2n) is 3.93. The molecule has 0 spiro atoms. The average Bonchev–Trinajstić information content (AvgIpc) is 2.39. The number of ether oxygens (including phenoxy) is 2. The highest BCUT2D eigenvalue weighted by Crippen LogP contribution is 2.28. The Balaban J connectivity index is 2.14. The summed E-state index contributed by atoms with van der Waals surface area (Å²) in [6.07, 6.45) is 0. The third-order valence-electron chi connectivity index (χ3n) is 2.62. The van der Waals surface area contributed by atoms with Crippen molar-refractivity contribution >= 4 is 17.3 Å². The molecule has 3 nitrogen and oxygen atoms in total. The van der Waals surface area contributed by atoms with Gasteiger partial charge >= 0.3 is 0 Å². The fourth-order valence-electron chi connectivity index (χ4n) is 1.56. The van der Waals surface area contributed by atoms with Crippen LogP contribution in [-0.2, 0) is 6.61 Å². The zero-order valence-corrected chi connectivity index (χ0v) is 11.1. The Labute approximate surface area is 115 Å². The van der Waals surface area contributed by atoms with Crippen LogP contribution in [0.15, 0.2) is 36.4 Å². The molecule has 0 unspecified atom stereocenters. The van der Waals surface area contributed by atoms with Gasteiger partial charge in [-0.25, -0.2) is 4.39 Å². The number of anilines is 1. The third kappa shape index (κ3) is 3.29. The quantitative estimate of drug-likeness (QED) is 0.870. The maximum absolute atomic E-state index is 12.9. The first-order valence-corrected chi connectivity index (χ1v) is 5.98. The van der Waals surface area contributed by atoms with Crippen LogP contribution < -0.4 is 15.2 Å². The van der Waals surface area contributed by atoms with Gasteiger partial charge in [0.15, 0.2) is 0 Å². The van der Waals surface area contributed by atoms with Crippen molar-refractivity contribution in [1.82, 2.24) is 0 Å². The van der Waals surface area contributed by atoms with Crippen molar-refractivity contribution in [2.45, 2.75) is 6.61 Å². The van der Waals surface area contributed by atoms with Crippen molar-refractivity contribution in [1.29, 1.82) is 0 Å². The monoisotopic (exact) mass is 281 g/mol. The van der Waals surface area contributed by atoms with Crippen LogP contribution >= 0.6 is 11.6 Å². The van der Waals surface area contributed by atoms with Gasteiger partial charge in [-0.3, -0.25) is 0 Å². The van der Waals surface area contributed by atoms with Crippen molar-refractivity contribution in [3.8, 4) is 11.5 Å². The fraction of sp³-hybridized carbons (Fsp3) is 0.143. The van der Waals surface area contributed by atoms with E-state index < -0.39 is 0 Å². The molecule has 2 rings (SSSR count). The molecular formula is C14H13ClFNO2. The molecule has 0 saturated heterocycles. The van der Waals surface area contributed by atoms with E-state index in [0.717, 1.165) is 0 Å². The lowest BCUT2D eigenvalue weighted by atomic mass is 10.2. The molecule has 2 aromatic rings. The molecule has 0 fully saturated rings. The van der Waals surface area contributed by atoms with Crippen LogP contribution in [0.1, 0.15) is 5.56 Å². The first-order chi connectivity index (χ1) is 9.10. The van der Waals surface area contributed by atoms with E-state index in [2.05, 4.69) is 0 Å². The first kappa shape index (κ1) is 13.5. The lowest BCUT2D eigenvalue weighted by Crippen LogP contribution is -2.00. The molecule has 0 aliphatic carbocycles. The van der Waals surface area contributed by atoms with Crippen molar-refractivity contribution in [3.05, 3.63) is 52.8 Å². The normalized spacial score (nSPS) is 10.3. The van der Waals surface area contributed by atoms with Gasteiger partial charge in [-0.15, -0.1) is 0 Å². The smallest absolute Gasteiger partial charge is 0.146 e. The summed E-state index contributed by atoms with van der Waals surface area (Å²) in [4.78, 5) is 0. The minimum Gasteiger partial charge on any atom is -0.497 e. The van der Waals surface area contributed by atoms with Crippen LogP contribution in [0.4, 0.5) is 10.1 Å². The molecule has 0 radical (unpaired) electrons. The van der Waals surface area contributed by atoms with E-state index in [1.165, 1.54) is 12.1 Å². The second-order valence-corrected chi connectivity index (χ2v) is 4.34. The molecule has 0 saturated carbocycles. The molecule has 19 heavy (non-hydrogen) atoms. The number of methoxy groups -OCH3 is 1. The van der Waals surface area contributed by atoms with Gasteiger partial charge in [0, 0.05) is 11.6 Å². The third-order valence-corrected chi connectivity index (χ3v) is 2.97. The van der Waals surface area contributed by atoms with Gasteiger partial charge in [0.1, 0.15) is 23.9 Å². The van der Waals surface area contributed by atoms with Crippen molar-refractivity contribution in [3.63, 3.8) is 0 Å². The molecular weight excluding hydrogens is 269 g/mol. The van der Waals surface area contributed by atoms with Crippen molar-refractivity contribution in [2.75, 3.05) is 12.8 Å². The summed E-state index contributed by atoms with van der Waals surface area (Å²) < 4.78 is 23.6. The summed E-state index contributed by atoms with van der Waals surface area (Å²) in [7, 11) is 1.56. The molecule has 100 valence electrons. The Morgan fingerprint density at radius 3 is 2.68 bits per heavy atom. The Morgan fingerprint density at radius 2 is 2.00 bits per heavy atom. The molecule has 0 aromatic heterocycles. The fourth-order valence-corrected chi connectivity index (χ4v) is 1.78. The predicted molar refractivity (Wildman–Crippen MR) is 73.1 cm³/mol. The average molecular weight is 282 g/mol. The minimum absolute atomic E-state index is 0.205. The summed E-state index contributed by atoms with van der Waals surface area (Å²) in [5.74, 6) is 0.767. The molecule has 0 heterocycles. The van der Waals surface area contributed by atoms with E-state index in [1.54, 1.807) is 31.4 Å². The minimum atomic E-state index is -0.380. The van der Waals surface area contributed by atoms with Crippen molar-refractivity contribution in [2.24, 2.45) is 0 Å². The van der Waals surface area contributed by atoms with Gasteiger partial charge < -0.3 is 15.2 Å². The topological polar surface area (TPSA) is 44.5 Å². The van der Waals surface area contributed by atoms with Crippen LogP contribution in [0.2, 0.25) is 5.02 Å². The summed E-state index contributed by atoms with van der Waals surface area (Å²) in [6.45, 7) is 0.205. The molecule has 2 N–H and O–H groups in total. The molecule has 0 atom stereocenters. The maximum Gasteiger partial charge on any atom is 0.146 e. The summed E-state index contributed by atoms with van der Waals surface area (Å²) in [5, 5.41) is 0.321. The second kappa shape index (κ2) is 5.80. The number of hydrogen-bond acceptors (Lipinski definition) is 3. The van der Waals surface area contributed by atoms with Crippen molar-refractivity contribution < 1.29 is 13.9 Å². The number of halogens is 2. The molecule has 2 aromatic carbocycles. The van der Waals surface area contributed by atoms with Gasteiger partial charge in [-0.05, 0) is 24.3 Å². The van der Waals surface area contributed by atoms with E-state index in [-0.39, 0.29) is 12.4 Å². The van der Waals surface area contributed by atoms with Gasteiger partial charge in [0.05, 0.1) is 17.8 Å². The predicted octanol–water partition coefficient (Wildman–Crippen LogP) is 3.65. The van der Waals surface area contributed by atoms with Crippen LogP contribution in [0.5, 0.6) is 11.5 Å². The van der Waals surface area contributed by atoms with E-state index >= 15 is 0 Å². The van der Waals surface area contributed by atoms with Crippen LogP contribution in [0, 0.1) is 5.82 Å². The number of hydrogen-bond donors (Lipinski definition) is 1. The number of nitrogens with two attached hydrogens (primary N) is 1. The number of benzene rings is 2. The first-order valence-electron chi connectivity index (χ1n) is 5.60. The number of rotatable bonds is 4. The van der Waals surface area contributed by atoms with Crippen LogP contribution in [0.3, 0.4) is 0 Å². The molecule has 0 amide bonds. The summed E-state index contributed by atoms with van der Waals surface area (Å²) in [5.41, 5.74) is 6.98. The largest absolute Gasteiger partial charge is 0.497 e. The standard InChI is InChI=1S/C14H13ClFNO2/c1-18-11-4-5-13(17)14(7-11)19-8-9-2-3-10(16)6-12(9)15/h2-7H,8,17H2,1H3. The molecule has 0 aliphatic heterocycles. The molecule has 0 aliphatic rings. The lowest BCUT2D eigenvalue weighted by molar-refractivity contribution is 0.305. The molecule has 5 heteroatoms. The Hall–Kier alpha value is -1.94. The zero-order chi connectivity index (χ0) is 13.8. The van der Waals surface area contributed by atoms with E-state index in [1.807, 2.05) is 0 Å². The summed E-state index contributed by atoms with van der Waals surface area (Å²) >= 11 is 5.92. The lowest BCUT2D eigenvalue weighted by Gasteiger charge is -2.11. The highest BCUT2D eigenvalue weighted by molar-refractivity contribution is 6.31. The van der Waals surface area contributed by atoms with Crippen LogP contribution in [-0.4, -0.2) is 7.11 Å². The van der Waals surface area contributed by atoms with Gasteiger partial charge in [-0.1, -0.05) is 17.7 Å². The van der Waals surface area contributed by atoms with Crippen LogP contribution in [0.25, 0.3) is 0 Å². The van der Waals surface area contributed by atoms with Gasteiger partial charge in [-0.2, -0.15) is 0 Å². The van der Waals surface area contributed by atoms with Gasteiger partial charge in [0.25, 0.3) is 0 Å². The Morgan fingerprint density at radius 1 is 1.21 bits per heavy atom. The maximum atomic E-state index is 12.9. The van der Waals surface area contributed by atoms with Gasteiger partial charge in [0.2, 0.25) is 0 Å². The van der Waals surface area contributed by atoms with E-state index in [4.69, 9.17) is 26.8 Å². The van der Waals surface area contributed by atoms with E-state index in [9.17, 15) is 4.39 Å². The highest BCUT2D eigenvalue weighted by atomic mass is 35.5. The van der Waals surface area contributed by atoms with E-state index in [0.29, 0.717) is 27.8 Å².